The van der Waals surface area contributed by atoms with Crippen molar-refractivity contribution in [3.05, 3.63) is 10.4 Å². The van der Waals surface area contributed by atoms with Crippen molar-refractivity contribution < 1.29 is 21.7 Å². The molecule has 0 amide bonds. The molecule has 0 saturated heterocycles. The van der Waals surface area contributed by atoms with Crippen LogP contribution in [0.5, 0.6) is 0 Å². The van der Waals surface area contributed by atoms with Gasteiger partial charge in [-0.2, -0.15) is 0 Å². The van der Waals surface area contributed by atoms with Crippen molar-refractivity contribution >= 4 is 18.8 Å². The molecule has 0 heterocycles. The van der Waals surface area contributed by atoms with E-state index in [1.54, 1.807) is 21.3 Å². The van der Waals surface area contributed by atoms with Gasteiger partial charge in [0.05, 0.1) is 5.25 Å². The molecule has 0 N–H and O–H groups in total. The normalized spacial score (nSPS) is 24.8. The predicted octanol–water partition coefficient (Wildman–Crippen LogP) is 1.82. The van der Waals surface area contributed by atoms with Gasteiger partial charge in [-0.15, -0.1) is 0 Å². The number of hydrogen-bond acceptors (Lipinski definition) is 5. The van der Waals surface area contributed by atoms with Gasteiger partial charge in [0.1, 0.15) is 0 Å². The lowest BCUT2D eigenvalue weighted by atomic mass is 9.99. The van der Waals surface area contributed by atoms with Crippen molar-refractivity contribution in [2.75, 3.05) is 21.3 Å². The molecular formula is C9H19N3O5SSi. The molecule has 0 atom stereocenters. The second-order valence-corrected chi connectivity index (χ2v) is 9.48. The Labute approximate surface area is 114 Å². The quantitative estimate of drug-likeness (QED) is 0.321. The topological polar surface area (TPSA) is 111 Å². The summed E-state index contributed by atoms with van der Waals surface area (Å²) in [5.74, 6) is 0. The van der Waals surface area contributed by atoms with Crippen molar-refractivity contribution in [3.8, 4) is 0 Å². The van der Waals surface area contributed by atoms with Crippen LogP contribution in [0.15, 0.2) is 4.52 Å². The Balaban J connectivity index is 2.75. The van der Waals surface area contributed by atoms with Gasteiger partial charge in [-0.05, 0) is 31.2 Å². The van der Waals surface area contributed by atoms with Gasteiger partial charge in [0.25, 0.3) is 0 Å². The molecule has 8 nitrogen and oxygen atoms in total. The van der Waals surface area contributed by atoms with Crippen LogP contribution in [0.1, 0.15) is 25.7 Å². The molecule has 10 heteroatoms. The molecule has 1 rings (SSSR count). The molecule has 0 unspecified atom stereocenters. The molecule has 1 fully saturated rings. The summed E-state index contributed by atoms with van der Waals surface area (Å²) in [7, 11) is -1.81. The molecule has 0 aromatic heterocycles. The molecule has 1 aliphatic rings. The van der Waals surface area contributed by atoms with Gasteiger partial charge in [0.2, 0.25) is 10.0 Å². The summed E-state index contributed by atoms with van der Waals surface area (Å²) >= 11 is 0. The van der Waals surface area contributed by atoms with Gasteiger partial charge >= 0.3 is 8.80 Å². The van der Waals surface area contributed by atoms with Gasteiger partial charge < -0.3 is 13.3 Å². The maximum absolute atomic E-state index is 11.6. The van der Waals surface area contributed by atoms with Crippen molar-refractivity contribution in [2.24, 2.45) is 4.52 Å². The number of rotatable bonds is 6. The minimum atomic E-state index is -3.72. The lowest BCUT2D eigenvalue weighted by Gasteiger charge is -2.36. The third-order valence-corrected chi connectivity index (χ3v) is 8.50. The highest BCUT2D eigenvalue weighted by atomic mass is 32.2. The molecule has 0 radical (unpaired) electrons. The van der Waals surface area contributed by atoms with Crippen LogP contribution in [-0.4, -0.2) is 43.8 Å². The van der Waals surface area contributed by atoms with Gasteiger partial charge in [-0.1, -0.05) is 0 Å². The van der Waals surface area contributed by atoms with E-state index in [4.69, 9.17) is 18.8 Å². The van der Waals surface area contributed by atoms with E-state index in [0.29, 0.717) is 25.7 Å². The van der Waals surface area contributed by atoms with Crippen molar-refractivity contribution in [1.82, 2.24) is 0 Å². The second-order valence-electron chi connectivity index (χ2n) is 4.38. The Morgan fingerprint density at radius 1 is 1.11 bits per heavy atom. The van der Waals surface area contributed by atoms with E-state index in [9.17, 15) is 8.42 Å². The highest BCUT2D eigenvalue weighted by Crippen LogP contribution is 2.40. The Morgan fingerprint density at radius 2 is 1.58 bits per heavy atom. The van der Waals surface area contributed by atoms with Crippen LogP contribution in [0.25, 0.3) is 10.4 Å². The predicted molar refractivity (Wildman–Crippen MR) is 70.9 cm³/mol. The highest BCUT2D eigenvalue weighted by molar-refractivity contribution is 7.90. The van der Waals surface area contributed by atoms with Crippen LogP contribution in [0.4, 0.5) is 0 Å². The Morgan fingerprint density at radius 3 is 1.95 bits per heavy atom. The minimum absolute atomic E-state index is 0.0741. The summed E-state index contributed by atoms with van der Waals surface area (Å²) in [4.78, 5) is 2.37. The summed E-state index contributed by atoms with van der Waals surface area (Å²) in [6.07, 6.45) is 2.09. The summed E-state index contributed by atoms with van der Waals surface area (Å²) in [5, 5.41) is -0.614. The molecule has 1 saturated carbocycles. The van der Waals surface area contributed by atoms with E-state index in [-0.39, 0.29) is 5.54 Å². The summed E-state index contributed by atoms with van der Waals surface area (Å²) in [6.45, 7) is 0. The molecular weight excluding hydrogens is 290 g/mol. The van der Waals surface area contributed by atoms with Crippen LogP contribution in [0, 0.1) is 0 Å². The molecule has 1 aliphatic carbocycles. The van der Waals surface area contributed by atoms with Crippen LogP contribution in [-0.2, 0) is 23.3 Å². The van der Waals surface area contributed by atoms with E-state index < -0.39 is 24.1 Å². The van der Waals surface area contributed by atoms with Gasteiger partial charge in [-0.25, -0.2) is 8.42 Å². The zero-order valence-corrected chi connectivity index (χ0v) is 13.1. The van der Waals surface area contributed by atoms with Gasteiger partial charge in [-0.3, -0.25) is 0 Å². The highest BCUT2D eigenvalue weighted by Gasteiger charge is 2.49. The fourth-order valence-electron chi connectivity index (χ4n) is 2.58. The average Bonchev–Trinajstić information content (AvgIpc) is 2.42. The first-order valence-electron chi connectivity index (χ1n) is 5.91. The van der Waals surface area contributed by atoms with E-state index in [2.05, 4.69) is 9.43 Å². The monoisotopic (exact) mass is 309 g/mol. The molecule has 0 spiro atoms. The molecule has 0 bridgehead atoms. The second kappa shape index (κ2) is 6.68. The van der Waals surface area contributed by atoms with Crippen LogP contribution < -0.4 is 0 Å². The van der Waals surface area contributed by atoms with Crippen LogP contribution >= 0.6 is 0 Å². The number of nitrogens with zero attached hydrogens (tertiary/aromatic N) is 3. The van der Waals surface area contributed by atoms with E-state index >= 15 is 0 Å². The zero-order chi connectivity index (χ0) is 14.5. The minimum Gasteiger partial charge on any atom is -0.377 e. The SMILES string of the molecule is CO[Si](OC)(OC)C1CCC(S(=O)(=O)N=[N+]=[N-])CC1. The molecule has 0 aromatic carbocycles. The largest absolute Gasteiger partial charge is 0.503 e. The standard InChI is InChI=1S/C9H19N3O5SSi/c1-15-19(16-2,17-3)9-6-4-8(5-7-9)18(13,14)12-11-10/h8-9H,4-7H2,1-3H3. The van der Waals surface area contributed by atoms with Crippen molar-refractivity contribution in [2.45, 2.75) is 36.5 Å². The van der Waals surface area contributed by atoms with Crippen molar-refractivity contribution in [3.63, 3.8) is 0 Å². The smallest absolute Gasteiger partial charge is 0.377 e. The number of sulfonamides is 1. The maximum atomic E-state index is 11.6. The van der Waals surface area contributed by atoms with Crippen LogP contribution in [0.3, 0.4) is 0 Å². The first kappa shape index (κ1) is 16.4. The van der Waals surface area contributed by atoms with Gasteiger partial charge in [0, 0.05) is 36.3 Å². The van der Waals surface area contributed by atoms with E-state index in [0.717, 1.165) is 0 Å². The molecule has 0 aliphatic heterocycles. The fourth-order valence-corrected chi connectivity index (χ4v) is 6.23. The first-order valence-corrected chi connectivity index (χ1v) is 9.22. The maximum Gasteiger partial charge on any atom is 0.503 e. The average molecular weight is 309 g/mol. The number of azide groups is 1. The lowest BCUT2D eigenvalue weighted by Crippen LogP contribution is -2.49. The molecule has 19 heavy (non-hydrogen) atoms. The van der Waals surface area contributed by atoms with E-state index in [1.165, 1.54) is 0 Å². The Hall–Kier alpha value is -0.643. The zero-order valence-electron chi connectivity index (χ0n) is 11.3. The third kappa shape index (κ3) is 3.47. The lowest BCUT2D eigenvalue weighted by molar-refractivity contribution is 0.104. The molecule has 110 valence electrons. The number of hydrogen-bond donors (Lipinski definition) is 0. The van der Waals surface area contributed by atoms with Crippen LogP contribution in [0.2, 0.25) is 5.54 Å². The Bertz CT molecular complexity index is 431. The van der Waals surface area contributed by atoms with Crippen molar-refractivity contribution in [1.29, 1.82) is 0 Å². The third-order valence-electron chi connectivity index (χ3n) is 3.60. The van der Waals surface area contributed by atoms with E-state index in [1.807, 2.05) is 0 Å². The summed E-state index contributed by atoms with van der Waals surface area (Å²) in [5.41, 5.74) is 8.33. The Kier molecular flexibility index (Phi) is 5.77. The fraction of sp³-hybridized carbons (Fsp3) is 1.00. The summed E-state index contributed by atoms with van der Waals surface area (Å²) in [6, 6.07) is 0. The molecule has 0 aromatic rings. The first-order chi connectivity index (χ1) is 8.95. The summed E-state index contributed by atoms with van der Waals surface area (Å²) < 4.78 is 42.4. The van der Waals surface area contributed by atoms with Gasteiger partial charge in [0.15, 0.2) is 0 Å².